The van der Waals surface area contributed by atoms with Crippen LogP contribution in [0.1, 0.15) is 46.0 Å². The van der Waals surface area contributed by atoms with Gasteiger partial charge in [0, 0.05) is 28.4 Å². The zero-order valence-electron chi connectivity index (χ0n) is 19.9. The van der Waals surface area contributed by atoms with Crippen LogP contribution in [0, 0.1) is 5.82 Å². The minimum atomic E-state index is -1.18. The van der Waals surface area contributed by atoms with Gasteiger partial charge in [-0.15, -0.1) is 0 Å². The zero-order chi connectivity index (χ0) is 25.2. The van der Waals surface area contributed by atoms with Crippen LogP contribution in [-0.2, 0) is 9.53 Å². The molecule has 0 spiro atoms. The van der Waals surface area contributed by atoms with Gasteiger partial charge in [0.05, 0.1) is 22.8 Å². The Morgan fingerprint density at radius 2 is 1.81 bits per heavy atom. The molecule has 0 amide bonds. The molecule has 0 saturated carbocycles. The molecule has 1 aliphatic rings. The number of rotatable bonds is 6. The van der Waals surface area contributed by atoms with E-state index in [1.165, 1.54) is 12.1 Å². The third kappa shape index (κ3) is 6.15. The van der Waals surface area contributed by atoms with Crippen molar-refractivity contribution in [3.05, 3.63) is 110 Å². The number of fused-ring (bicyclic) bond motifs is 3. The Bertz CT molecular complexity index is 1550. The van der Waals surface area contributed by atoms with Crippen molar-refractivity contribution in [1.82, 2.24) is 4.98 Å². The number of halogens is 3. The number of carboxylic acid groups (broad SMARTS) is 1. The van der Waals surface area contributed by atoms with Gasteiger partial charge in [-0.05, 0) is 58.7 Å². The summed E-state index contributed by atoms with van der Waals surface area (Å²) in [6, 6.07) is 18.0. The molecular formula is C29H19Cl2FNNaO3. The summed E-state index contributed by atoms with van der Waals surface area (Å²) in [4.78, 5) is 15.5. The first-order valence-corrected chi connectivity index (χ1v) is 12.0. The molecule has 180 valence electrons. The van der Waals surface area contributed by atoms with Crippen molar-refractivity contribution in [3.63, 3.8) is 0 Å². The smallest absolute Gasteiger partial charge is 0.550 e. The van der Waals surface area contributed by atoms with E-state index < -0.39 is 17.9 Å². The Labute approximate surface area is 245 Å². The van der Waals surface area contributed by atoms with Gasteiger partial charge >= 0.3 is 29.6 Å². The topological polar surface area (TPSA) is 62.2 Å². The number of aromatic nitrogens is 1. The summed E-state index contributed by atoms with van der Waals surface area (Å²) in [5, 5.41) is 12.2. The fourth-order valence-electron chi connectivity index (χ4n) is 4.23. The molecule has 1 atom stereocenters. The Balaban J connectivity index is 0.00000320. The quantitative estimate of drug-likeness (QED) is 0.350. The van der Waals surface area contributed by atoms with Crippen LogP contribution in [0.15, 0.2) is 60.7 Å². The van der Waals surface area contributed by atoms with Crippen molar-refractivity contribution in [1.29, 1.82) is 0 Å². The summed E-state index contributed by atoms with van der Waals surface area (Å²) >= 11 is 12.5. The maximum atomic E-state index is 13.7. The maximum absolute atomic E-state index is 13.7. The molecule has 5 rings (SSSR count). The van der Waals surface area contributed by atoms with Crippen molar-refractivity contribution in [3.8, 4) is 0 Å². The average molecular weight is 542 g/mol. The number of carbonyl (C=O) groups excluding carboxylic acids is 1. The number of ether oxygens (including phenoxy) is 1. The van der Waals surface area contributed by atoms with E-state index in [0.29, 0.717) is 21.6 Å². The van der Waals surface area contributed by atoms with Crippen LogP contribution in [0.25, 0.3) is 35.2 Å². The van der Waals surface area contributed by atoms with Crippen molar-refractivity contribution in [2.45, 2.75) is 12.5 Å². The van der Waals surface area contributed by atoms with Gasteiger partial charge in [-0.25, -0.2) is 9.37 Å². The van der Waals surface area contributed by atoms with Gasteiger partial charge in [-0.2, -0.15) is 0 Å². The molecule has 0 saturated heterocycles. The van der Waals surface area contributed by atoms with E-state index in [1.807, 2.05) is 54.6 Å². The minimum absolute atomic E-state index is 0. The predicted molar refractivity (Wildman–Crippen MR) is 140 cm³/mol. The van der Waals surface area contributed by atoms with Gasteiger partial charge in [0.25, 0.3) is 0 Å². The summed E-state index contributed by atoms with van der Waals surface area (Å²) in [7, 11) is 0. The SMILES string of the molecule is O=C([O-])CCOC1c2cc(C=Cc3ccc4cc(F)c(Cl)cc4n3)ccc2C=Cc2cccc(Cl)c21.[Na+]. The van der Waals surface area contributed by atoms with E-state index in [9.17, 15) is 14.3 Å². The number of hydrogen-bond acceptors (Lipinski definition) is 4. The second-order valence-electron chi connectivity index (χ2n) is 8.37. The molecule has 3 aromatic carbocycles. The van der Waals surface area contributed by atoms with Crippen LogP contribution in [0.5, 0.6) is 0 Å². The fourth-order valence-corrected chi connectivity index (χ4v) is 4.67. The molecule has 0 fully saturated rings. The molecule has 4 aromatic rings. The summed E-state index contributed by atoms with van der Waals surface area (Å²) in [6.07, 6.45) is 6.97. The molecular weight excluding hydrogens is 523 g/mol. The first-order chi connectivity index (χ1) is 17.4. The third-order valence-electron chi connectivity index (χ3n) is 5.97. The van der Waals surface area contributed by atoms with Gasteiger partial charge in [0.1, 0.15) is 11.9 Å². The normalized spacial score (nSPS) is 14.2. The molecule has 1 heterocycles. The summed E-state index contributed by atoms with van der Waals surface area (Å²) in [6.45, 7) is -0.0126. The Morgan fingerprint density at radius 3 is 2.62 bits per heavy atom. The number of carboxylic acids is 1. The molecule has 1 aromatic heterocycles. The minimum Gasteiger partial charge on any atom is -0.550 e. The van der Waals surface area contributed by atoms with Gasteiger partial charge in [-0.1, -0.05) is 71.8 Å². The Kier molecular flexibility index (Phi) is 8.86. The first kappa shape index (κ1) is 27.5. The van der Waals surface area contributed by atoms with Gasteiger partial charge in [0.15, 0.2) is 0 Å². The van der Waals surface area contributed by atoms with Crippen LogP contribution in [0.2, 0.25) is 10.0 Å². The van der Waals surface area contributed by atoms with Gasteiger partial charge in [0.2, 0.25) is 0 Å². The van der Waals surface area contributed by atoms with Crippen molar-refractivity contribution < 1.29 is 48.6 Å². The van der Waals surface area contributed by atoms with E-state index in [2.05, 4.69) is 4.98 Å². The van der Waals surface area contributed by atoms with Crippen LogP contribution >= 0.6 is 23.2 Å². The largest absolute Gasteiger partial charge is 1.00 e. The van der Waals surface area contributed by atoms with E-state index in [0.717, 1.165) is 27.8 Å². The molecule has 8 heteroatoms. The van der Waals surface area contributed by atoms with Crippen LogP contribution in [-0.4, -0.2) is 17.6 Å². The van der Waals surface area contributed by atoms with Crippen LogP contribution < -0.4 is 34.7 Å². The summed E-state index contributed by atoms with van der Waals surface area (Å²) in [5.74, 6) is -1.66. The van der Waals surface area contributed by atoms with Crippen molar-refractivity contribution in [2.24, 2.45) is 0 Å². The summed E-state index contributed by atoms with van der Waals surface area (Å²) in [5.41, 5.74) is 5.69. The van der Waals surface area contributed by atoms with Crippen molar-refractivity contribution in [2.75, 3.05) is 6.61 Å². The molecule has 0 N–H and O–H groups in total. The summed E-state index contributed by atoms with van der Waals surface area (Å²) < 4.78 is 19.8. The maximum Gasteiger partial charge on any atom is 1.00 e. The monoisotopic (exact) mass is 541 g/mol. The average Bonchev–Trinajstić information content (AvgIpc) is 3.01. The van der Waals surface area contributed by atoms with Gasteiger partial charge < -0.3 is 14.6 Å². The van der Waals surface area contributed by atoms with Crippen LogP contribution in [0.4, 0.5) is 4.39 Å². The van der Waals surface area contributed by atoms with Crippen molar-refractivity contribution >= 4 is 64.4 Å². The number of benzene rings is 3. The Morgan fingerprint density at radius 1 is 1.00 bits per heavy atom. The Hall–Kier alpha value is -2.51. The molecule has 37 heavy (non-hydrogen) atoms. The zero-order valence-corrected chi connectivity index (χ0v) is 23.4. The molecule has 1 aliphatic carbocycles. The standard InChI is InChI=1S/C29H20Cl2FNO3.Na/c30-23-3-1-2-19-8-7-18-6-4-17(14-22(18)29(28(19)23)36-13-12-27(34)35)5-10-21-11-9-20-15-25(32)24(31)16-26(20)33-21;/h1-11,14-16,29H,12-13H2,(H,34,35);/q;+1/p-1. The molecule has 0 bridgehead atoms. The number of carbonyl (C=O) groups is 1. The van der Waals surface area contributed by atoms with E-state index in [-0.39, 0.29) is 47.6 Å². The first-order valence-electron chi connectivity index (χ1n) is 11.2. The number of pyridine rings is 1. The predicted octanol–water partition coefficient (Wildman–Crippen LogP) is 3.58. The number of hydrogen-bond donors (Lipinski definition) is 0. The van der Waals surface area contributed by atoms with E-state index in [4.69, 9.17) is 27.9 Å². The second-order valence-corrected chi connectivity index (χ2v) is 9.18. The second kappa shape index (κ2) is 11.9. The molecule has 1 unspecified atom stereocenters. The fraction of sp³-hybridized carbons (Fsp3) is 0.103. The molecule has 0 radical (unpaired) electrons. The molecule has 0 aliphatic heterocycles. The van der Waals surface area contributed by atoms with E-state index in [1.54, 1.807) is 18.2 Å². The third-order valence-corrected chi connectivity index (χ3v) is 6.59. The number of nitrogens with zero attached hydrogens (tertiary/aromatic N) is 1. The van der Waals surface area contributed by atoms with E-state index >= 15 is 0 Å². The van der Waals surface area contributed by atoms with Gasteiger partial charge in [-0.3, -0.25) is 0 Å². The number of aliphatic carboxylic acids is 1. The molecule has 4 nitrogen and oxygen atoms in total. The van der Waals surface area contributed by atoms with Crippen LogP contribution in [0.3, 0.4) is 0 Å².